The predicted octanol–water partition coefficient (Wildman–Crippen LogP) is 1.40. The van der Waals surface area contributed by atoms with Crippen LogP contribution in [0.5, 0.6) is 0 Å². The molecule has 0 saturated carbocycles. The molecule has 0 fully saturated rings. The molecule has 0 aliphatic heterocycles. The summed E-state index contributed by atoms with van der Waals surface area (Å²) in [7, 11) is 1.64. The Bertz CT molecular complexity index is 390. The van der Waals surface area contributed by atoms with Gasteiger partial charge in [0.1, 0.15) is 5.82 Å². The van der Waals surface area contributed by atoms with Gasteiger partial charge < -0.3 is 15.6 Å². The second-order valence-electron chi connectivity index (χ2n) is 5.04. The van der Waals surface area contributed by atoms with E-state index in [0.717, 1.165) is 6.54 Å². The van der Waals surface area contributed by atoms with Gasteiger partial charge in [-0.15, -0.1) is 0 Å². The normalized spacial score (nSPS) is 14.5. The fourth-order valence-corrected chi connectivity index (χ4v) is 2.23. The number of hydrogen-bond donors (Lipinski definition) is 2. The molecule has 20 heavy (non-hydrogen) atoms. The molecule has 3 N–H and O–H groups in total. The lowest BCUT2D eigenvalue weighted by atomic mass is 9.94. The number of nitrogens with zero attached hydrogens (tertiary/aromatic N) is 1. The summed E-state index contributed by atoms with van der Waals surface area (Å²) in [6.45, 7) is 4.67. The highest BCUT2D eigenvalue weighted by atomic mass is 19.1. The van der Waals surface area contributed by atoms with Crippen molar-refractivity contribution in [2.75, 3.05) is 40.0 Å². The first-order valence-electron chi connectivity index (χ1n) is 6.92. The van der Waals surface area contributed by atoms with Crippen LogP contribution in [0.4, 0.5) is 4.39 Å². The number of benzene rings is 1. The second-order valence-corrected chi connectivity index (χ2v) is 5.04. The van der Waals surface area contributed by atoms with Crippen molar-refractivity contribution in [3.63, 3.8) is 0 Å². The van der Waals surface area contributed by atoms with Gasteiger partial charge in [0.05, 0.1) is 13.2 Å². The second kappa shape index (κ2) is 9.02. The maximum atomic E-state index is 13.7. The first kappa shape index (κ1) is 17.0. The average Bonchev–Trinajstić information content (AvgIpc) is 2.44. The van der Waals surface area contributed by atoms with Crippen molar-refractivity contribution in [3.05, 3.63) is 35.6 Å². The van der Waals surface area contributed by atoms with Crippen LogP contribution in [0.2, 0.25) is 0 Å². The topological polar surface area (TPSA) is 58.7 Å². The van der Waals surface area contributed by atoms with Crippen LogP contribution >= 0.6 is 0 Å². The Balaban J connectivity index is 2.63. The molecule has 0 aromatic heterocycles. The van der Waals surface area contributed by atoms with Crippen LogP contribution in [-0.4, -0.2) is 50.0 Å². The van der Waals surface area contributed by atoms with Crippen molar-refractivity contribution in [1.29, 1.82) is 0 Å². The van der Waals surface area contributed by atoms with Crippen molar-refractivity contribution in [1.82, 2.24) is 4.90 Å². The molecule has 4 nitrogen and oxygen atoms in total. The molecular formula is C15H25FN2O2. The van der Waals surface area contributed by atoms with Crippen LogP contribution in [-0.2, 0) is 4.74 Å². The third-order valence-corrected chi connectivity index (χ3v) is 3.45. The third-order valence-electron chi connectivity index (χ3n) is 3.45. The maximum absolute atomic E-state index is 13.7. The van der Waals surface area contributed by atoms with Gasteiger partial charge in [0.15, 0.2) is 0 Å². The SMILES string of the molecule is COCCN(CCO)CC(C)C(N)c1ccccc1F. The molecular weight excluding hydrogens is 259 g/mol. The minimum Gasteiger partial charge on any atom is -0.395 e. The molecule has 0 aliphatic carbocycles. The molecule has 0 heterocycles. The van der Waals surface area contributed by atoms with Crippen LogP contribution in [0.25, 0.3) is 0 Å². The molecule has 114 valence electrons. The molecule has 0 aliphatic rings. The first-order valence-corrected chi connectivity index (χ1v) is 6.92. The molecule has 0 bridgehead atoms. The Morgan fingerprint density at radius 1 is 1.35 bits per heavy atom. The molecule has 0 radical (unpaired) electrons. The number of halogens is 1. The molecule has 0 spiro atoms. The number of aliphatic hydroxyl groups is 1. The van der Waals surface area contributed by atoms with Crippen molar-refractivity contribution >= 4 is 0 Å². The lowest BCUT2D eigenvalue weighted by Crippen LogP contribution is -2.37. The van der Waals surface area contributed by atoms with Gasteiger partial charge in [-0.05, 0) is 12.0 Å². The van der Waals surface area contributed by atoms with Crippen molar-refractivity contribution < 1.29 is 14.2 Å². The van der Waals surface area contributed by atoms with E-state index in [-0.39, 0.29) is 24.4 Å². The molecule has 5 heteroatoms. The fourth-order valence-electron chi connectivity index (χ4n) is 2.23. The monoisotopic (exact) mass is 284 g/mol. The number of nitrogens with two attached hydrogens (primary N) is 1. The van der Waals surface area contributed by atoms with Gasteiger partial charge in [0.25, 0.3) is 0 Å². The van der Waals surface area contributed by atoms with E-state index in [1.807, 2.05) is 6.92 Å². The zero-order chi connectivity index (χ0) is 15.0. The highest BCUT2D eigenvalue weighted by Gasteiger charge is 2.20. The number of aliphatic hydroxyl groups excluding tert-OH is 1. The molecule has 1 aromatic carbocycles. The van der Waals surface area contributed by atoms with E-state index in [1.54, 1.807) is 25.3 Å². The van der Waals surface area contributed by atoms with Crippen LogP contribution in [0, 0.1) is 11.7 Å². The zero-order valence-electron chi connectivity index (χ0n) is 12.3. The van der Waals surface area contributed by atoms with Crippen LogP contribution in [0.15, 0.2) is 24.3 Å². The fraction of sp³-hybridized carbons (Fsp3) is 0.600. The highest BCUT2D eigenvalue weighted by Crippen LogP contribution is 2.22. The lowest BCUT2D eigenvalue weighted by molar-refractivity contribution is 0.117. The summed E-state index contributed by atoms with van der Waals surface area (Å²) < 4.78 is 18.8. The Kier molecular flexibility index (Phi) is 7.69. The van der Waals surface area contributed by atoms with Gasteiger partial charge in [-0.2, -0.15) is 0 Å². The van der Waals surface area contributed by atoms with Gasteiger partial charge >= 0.3 is 0 Å². The smallest absolute Gasteiger partial charge is 0.127 e. The van der Waals surface area contributed by atoms with E-state index in [4.69, 9.17) is 15.6 Å². The Hall–Kier alpha value is -1.01. The quantitative estimate of drug-likeness (QED) is 0.720. The zero-order valence-corrected chi connectivity index (χ0v) is 12.3. The molecule has 2 atom stereocenters. The van der Waals surface area contributed by atoms with E-state index >= 15 is 0 Å². The predicted molar refractivity (Wildman–Crippen MR) is 77.9 cm³/mol. The summed E-state index contributed by atoms with van der Waals surface area (Å²) in [6, 6.07) is 6.24. The van der Waals surface area contributed by atoms with Crippen LogP contribution in [0.3, 0.4) is 0 Å². The number of ether oxygens (including phenoxy) is 1. The highest BCUT2D eigenvalue weighted by molar-refractivity contribution is 5.21. The van der Waals surface area contributed by atoms with Gasteiger partial charge in [0, 0.05) is 38.3 Å². The van der Waals surface area contributed by atoms with Crippen molar-refractivity contribution in [2.24, 2.45) is 11.7 Å². The van der Waals surface area contributed by atoms with Crippen molar-refractivity contribution in [2.45, 2.75) is 13.0 Å². The van der Waals surface area contributed by atoms with E-state index in [2.05, 4.69) is 4.90 Å². The molecule has 1 aromatic rings. The van der Waals surface area contributed by atoms with E-state index in [0.29, 0.717) is 25.3 Å². The number of methoxy groups -OCH3 is 1. The Labute approximate surface area is 120 Å². The summed E-state index contributed by atoms with van der Waals surface area (Å²) in [4.78, 5) is 2.08. The lowest BCUT2D eigenvalue weighted by Gasteiger charge is -2.28. The molecule has 0 saturated heterocycles. The standard InChI is InChI=1S/C15H25FN2O2/c1-12(11-18(7-9-19)8-10-20-2)15(17)13-5-3-4-6-14(13)16/h3-6,12,15,19H,7-11,17H2,1-2H3. The summed E-state index contributed by atoms with van der Waals surface area (Å²) in [6.07, 6.45) is 0. The molecule has 1 rings (SSSR count). The van der Waals surface area contributed by atoms with Gasteiger partial charge in [-0.3, -0.25) is 4.90 Å². The Morgan fingerprint density at radius 3 is 2.65 bits per heavy atom. The third kappa shape index (κ3) is 5.17. The number of rotatable bonds is 9. The van der Waals surface area contributed by atoms with Gasteiger partial charge in [0.2, 0.25) is 0 Å². The van der Waals surface area contributed by atoms with Gasteiger partial charge in [-0.1, -0.05) is 25.1 Å². The van der Waals surface area contributed by atoms with Gasteiger partial charge in [-0.25, -0.2) is 4.39 Å². The van der Waals surface area contributed by atoms with Crippen molar-refractivity contribution in [3.8, 4) is 0 Å². The average molecular weight is 284 g/mol. The minimum atomic E-state index is -0.361. The number of hydrogen-bond acceptors (Lipinski definition) is 4. The minimum absolute atomic E-state index is 0.0790. The van der Waals surface area contributed by atoms with E-state index in [9.17, 15) is 4.39 Å². The van der Waals surface area contributed by atoms with Crippen LogP contribution in [0.1, 0.15) is 18.5 Å². The summed E-state index contributed by atoms with van der Waals surface area (Å²) >= 11 is 0. The Morgan fingerprint density at radius 2 is 2.05 bits per heavy atom. The molecule has 2 unspecified atom stereocenters. The van der Waals surface area contributed by atoms with Crippen LogP contribution < -0.4 is 5.73 Å². The summed E-state index contributed by atoms with van der Waals surface area (Å²) in [5, 5.41) is 9.07. The summed E-state index contributed by atoms with van der Waals surface area (Å²) in [5.74, 6) is -0.187. The maximum Gasteiger partial charge on any atom is 0.127 e. The summed E-state index contributed by atoms with van der Waals surface area (Å²) in [5.41, 5.74) is 6.69. The van der Waals surface area contributed by atoms with E-state index < -0.39 is 0 Å². The van der Waals surface area contributed by atoms with E-state index in [1.165, 1.54) is 6.07 Å². The molecule has 0 amide bonds. The largest absolute Gasteiger partial charge is 0.395 e. The first-order chi connectivity index (χ1) is 9.60.